The Kier molecular flexibility index (Phi) is 4.49. The van der Waals surface area contributed by atoms with Crippen LogP contribution in [0.1, 0.15) is 17.4 Å². The van der Waals surface area contributed by atoms with Crippen LogP contribution in [0, 0.1) is 0 Å². The van der Waals surface area contributed by atoms with E-state index in [0.29, 0.717) is 0 Å². The van der Waals surface area contributed by atoms with Gasteiger partial charge in [-0.25, -0.2) is 4.98 Å². The Hall–Kier alpha value is -1.76. The van der Waals surface area contributed by atoms with Crippen LogP contribution in [0.15, 0.2) is 30.5 Å². The van der Waals surface area contributed by atoms with Gasteiger partial charge in [-0.05, 0) is 19.1 Å². The molecule has 1 heterocycles. The molecule has 0 bridgehead atoms. The highest BCUT2D eigenvalue weighted by atomic mass is 32.1. The molecule has 0 radical (unpaired) electrons. The van der Waals surface area contributed by atoms with Gasteiger partial charge < -0.3 is 10.1 Å². The molecule has 0 aliphatic rings. The number of nitrogens with zero attached hydrogens (tertiary/aromatic N) is 1. The first-order valence-electron chi connectivity index (χ1n) is 5.98. The molecular formula is C13H13F3N2OS. The Balaban J connectivity index is 2.07. The van der Waals surface area contributed by atoms with Crippen molar-refractivity contribution < 1.29 is 17.9 Å². The number of rotatable bonds is 5. The molecule has 0 atom stereocenters. The molecular weight excluding hydrogens is 289 g/mol. The highest BCUT2D eigenvalue weighted by molar-refractivity contribution is 7.15. The Bertz CT molecular complexity index is 569. The van der Waals surface area contributed by atoms with Crippen molar-refractivity contribution in [2.24, 2.45) is 0 Å². The Morgan fingerprint density at radius 2 is 2.05 bits per heavy atom. The molecule has 2 rings (SSSR count). The summed E-state index contributed by atoms with van der Waals surface area (Å²) in [7, 11) is 0. The van der Waals surface area contributed by atoms with E-state index in [0.717, 1.165) is 22.6 Å². The molecule has 108 valence electrons. The van der Waals surface area contributed by atoms with Gasteiger partial charge in [0.2, 0.25) is 0 Å². The van der Waals surface area contributed by atoms with E-state index in [2.05, 4.69) is 10.3 Å². The third-order valence-electron chi connectivity index (χ3n) is 2.44. The van der Waals surface area contributed by atoms with Crippen molar-refractivity contribution in [2.75, 3.05) is 11.9 Å². The van der Waals surface area contributed by atoms with Gasteiger partial charge in [-0.1, -0.05) is 23.5 Å². The maximum Gasteiger partial charge on any atom is 0.419 e. The molecule has 0 aliphatic carbocycles. The summed E-state index contributed by atoms with van der Waals surface area (Å²) in [5.41, 5.74) is -0.767. The van der Waals surface area contributed by atoms with E-state index in [1.165, 1.54) is 29.5 Å². The summed E-state index contributed by atoms with van der Waals surface area (Å²) in [4.78, 5) is 4.86. The van der Waals surface area contributed by atoms with Crippen LogP contribution in [0.25, 0.3) is 0 Å². The summed E-state index contributed by atoms with van der Waals surface area (Å²) in [5, 5.41) is 3.77. The first kappa shape index (κ1) is 14.6. The van der Waals surface area contributed by atoms with Crippen molar-refractivity contribution in [3.63, 3.8) is 0 Å². The molecule has 0 unspecified atom stereocenters. The van der Waals surface area contributed by atoms with Gasteiger partial charge >= 0.3 is 6.18 Å². The minimum atomic E-state index is -4.42. The monoisotopic (exact) mass is 302 g/mol. The van der Waals surface area contributed by atoms with Crippen LogP contribution < -0.4 is 10.1 Å². The van der Waals surface area contributed by atoms with E-state index in [1.807, 2.05) is 6.92 Å². The van der Waals surface area contributed by atoms with Gasteiger partial charge in [-0.15, -0.1) is 0 Å². The fourth-order valence-electron chi connectivity index (χ4n) is 1.58. The molecule has 0 aliphatic heterocycles. The van der Waals surface area contributed by atoms with Gasteiger partial charge in [0.25, 0.3) is 0 Å². The van der Waals surface area contributed by atoms with Crippen LogP contribution >= 0.6 is 11.3 Å². The first-order chi connectivity index (χ1) is 9.50. The average molecular weight is 302 g/mol. The summed E-state index contributed by atoms with van der Waals surface area (Å²) in [5.74, 6) is -0.168. The lowest BCUT2D eigenvalue weighted by Gasteiger charge is -2.12. The number of hydrogen-bond acceptors (Lipinski definition) is 4. The Morgan fingerprint density at radius 1 is 1.30 bits per heavy atom. The SMILES string of the molecule is CCNc1ncc(COc2ccccc2C(F)(F)F)s1. The van der Waals surface area contributed by atoms with E-state index < -0.39 is 11.7 Å². The summed E-state index contributed by atoms with van der Waals surface area (Å²) in [6.07, 6.45) is -2.82. The largest absolute Gasteiger partial charge is 0.487 e. The molecule has 0 amide bonds. The van der Waals surface area contributed by atoms with Crippen molar-refractivity contribution in [3.8, 4) is 5.75 Å². The third kappa shape index (κ3) is 3.63. The summed E-state index contributed by atoms with van der Waals surface area (Å²) >= 11 is 1.36. The van der Waals surface area contributed by atoms with Gasteiger partial charge in [0.05, 0.1) is 10.4 Å². The van der Waals surface area contributed by atoms with Gasteiger partial charge in [0, 0.05) is 12.7 Å². The molecule has 1 aromatic heterocycles. The molecule has 1 aromatic carbocycles. The van der Waals surface area contributed by atoms with Crippen LogP contribution in [0.5, 0.6) is 5.75 Å². The predicted molar refractivity (Wildman–Crippen MR) is 72.1 cm³/mol. The standard InChI is InChI=1S/C13H13F3N2OS/c1-2-17-12-18-7-9(20-12)8-19-11-6-4-3-5-10(11)13(14,15)16/h3-7H,2,8H2,1H3,(H,17,18). The third-order valence-corrected chi connectivity index (χ3v) is 3.37. The minimum absolute atomic E-state index is 0.0656. The van der Waals surface area contributed by atoms with E-state index in [-0.39, 0.29) is 12.4 Å². The lowest BCUT2D eigenvalue weighted by Crippen LogP contribution is -2.08. The number of para-hydroxylation sites is 1. The second kappa shape index (κ2) is 6.13. The van der Waals surface area contributed by atoms with Crippen molar-refractivity contribution >= 4 is 16.5 Å². The van der Waals surface area contributed by atoms with E-state index >= 15 is 0 Å². The predicted octanol–water partition coefficient (Wildman–Crippen LogP) is 4.17. The molecule has 0 fully saturated rings. The fourth-order valence-corrected chi connectivity index (χ4v) is 2.38. The zero-order valence-electron chi connectivity index (χ0n) is 10.7. The minimum Gasteiger partial charge on any atom is -0.487 e. The molecule has 0 saturated carbocycles. The van der Waals surface area contributed by atoms with Crippen LogP contribution in [-0.4, -0.2) is 11.5 Å². The number of anilines is 1. The summed E-state index contributed by atoms with van der Waals surface area (Å²) in [6.45, 7) is 2.75. The van der Waals surface area contributed by atoms with Gasteiger partial charge in [-0.2, -0.15) is 13.2 Å². The van der Waals surface area contributed by atoms with E-state index in [9.17, 15) is 13.2 Å². The quantitative estimate of drug-likeness (QED) is 0.900. The fraction of sp³-hybridized carbons (Fsp3) is 0.308. The molecule has 0 spiro atoms. The van der Waals surface area contributed by atoms with Crippen LogP contribution in [0.4, 0.5) is 18.3 Å². The number of nitrogens with one attached hydrogen (secondary N) is 1. The average Bonchev–Trinajstić information content (AvgIpc) is 2.84. The number of halogens is 3. The normalized spacial score (nSPS) is 11.4. The Morgan fingerprint density at radius 3 is 2.75 bits per heavy atom. The molecule has 0 saturated heterocycles. The number of alkyl halides is 3. The molecule has 2 aromatic rings. The van der Waals surface area contributed by atoms with Gasteiger partial charge in [0.1, 0.15) is 12.4 Å². The Labute approximate surface area is 118 Å². The maximum atomic E-state index is 12.8. The lowest BCUT2D eigenvalue weighted by molar-refractivity contribution is -0.139. The molecule has 20 heavy (non-hydrogen) atoms. The smallest absolute Gasteiger partial charge is 0.419 e. The summed E-state index contributed by atoms with van der Waals surface area (Å²) in [6, 6.07) is 5.17. The lowest BCUT2D eigenvalue weighted by atomic mass is 10.2. The summed E-state index contributed by atoms with van der Waals surface area (Å²) < 4.78 is 43.6. The number of ether oxygens (including phenoxy) is 1. The van der Waals surface area contributed by atoms with Crippen LogP contribution in [0.2, 0.25) is 0 Å². The zero-order valence-corrected chi connectivity index (χ0v) is 11.5. The molecule has 7 heteroatoms. The van der Waals surface area contributed by atoms with Crippen molar-refractivity contribution in [1.82, 2.24) is 4.98 Å². The van der Waals surface area contributed by atoms with Crippen molar-refractivity contribution in [3.05, 3.63) is 40.9 Å². The van der Waals surface area contributed by atoms with Crippen LogP contribution in [0.3, 0.4) is 0 Å². The van der Waals surface area contributed by atoms with E-state index in [4.69, 9.17) is 4.74 Å². The highest BCUT2D eigenvalue weighted by Crippen LogP contribution is 2.36. The second-order valence-corrected chi connectivity index (χ2v) is 5.06. The van der Waals surface area contributed by atoms with Crippen molar-refractivity contribution in [2.45, 2.75) is 19.7 Å². The highest BCUT2D eigenvalue weighted by Gasteiger charge is 2.34. The first-order valence-corrected chi connectivity index (χ1v) is 6.80. The second-order valence-electron chi connectivity index (χ2n) is 3.94. The zero-order chi connectivity index (χ0) is 14.6. The molecule has 1 N–H and O–H groups in total. The maximum absolute atomic E-state index is 12.8. The van der Waals surface area contributed by atoms with Crippen LogP contribution in [-0.2, 0) is 12.8 Å². The number of thiazole rings is 1. The van der Waals surface area contributed by atoms with E-state index in [1.54, 1.807) is 6.20 Å². The topological polar surface area (TPSA) is 34.2 Å². The molecule has 3 nitrogen and oxygen atoms in total. The number of hydrogen-bond donors (Lipinski definition) is 1. The van der Waals surface area contributed by atoms with Gasteiger partial charge in [0.15, 0.2) is 5.13 Å². The van der Waals surface area contributed by atoms with Crippen molar-refractivity contribution in [1.29, 1.82) is 0 Å². The number of aromatic nitrogens is 1. The van der Waals surface area contributed by atoms with Gasteiger partial charge in [-0.3, -0.25) is 0 Å². The number of benzene rings is 1.